The molecule has 1 aromatic carbocycles. The summed E-state index contributed by atoms with van der Waals surface area (Å²) < 4.78 is 0. The largest absolute Gasteiger partial charge is 0.461 e. The molecule has 0 radical (unpaired) electrons. The zero-order chi connectivity index (χ0) is 11.4. The maximum Gasteiger partial charge on any atom is 0.461 e. The van der Waals surface area contributed by atoms with Crippen molar-refractivity contribution in [2.24, 2.45) is 0 Å². The highest BCUT2D eigenvalue weighted by atomic mass is 16.6. The van der Waals surface area contributed by atoms with Crippen LogP contribution in [0.25, 0.3) is 4.98 Å². The first-order valence-electron chi connectivity index (χ1n) is 3.95. The molecule has 0 unspecified atom stereocenters. The molecule has 0 aliphatic heterocycles. The number of nitro benzene ring substituents is 1. The van der Waals surface area contributed by atoms with Crippen molar-refractivity contribution in [3.63, 3.8) is 0 Å². The highest BCUT2D eigenvalue weighted by molar-refractivity contribution is 5.89. The molecule has 0 aliphatic rings. The second kappa shape index (κ2) is 4.15. The van der Waals surface area contributed by atoms with Crippen molar-refractivity contribution in [2.45, 2.75) is 6.92 Å². The summed E-state index contributed by atoms with van der Waals surface area (Å²) in [6.45, 7) is 1.29. The lowest BCUT2D eigenvalue weighted by molar-refractivity contribution is -0.383. The minimum Gasteiger partial charge on any atom is -0.326 e. The number of diazo groups is 1. The van der Waals surface area contributed by atoms with Crippen LogP contribution in [0.4, 0.5) is 17.1 Å². The van der Waals surface area contributed by atoms with Gasteiger partial charge in [0.25, 0.3) is 0 Å². The Bertz CT molecular complexity index is 463. The first-order chi connectivity index (χ1) is 7.04. The van der Waals surface area contributed by atoms with Gasteiger partial charge >= 0.3 is 11.4 Å². The molecule has 7 heteroatoms. The summed E-state index contributed by atoms with van der Waals surface area (Å²) in [6, 6.07) is 3.77. The third kappa shape index (κ3) is 2.47. The average molecular weight is 207 g/mol. The van der Waals surface area contributed by atoms with E-state index in [4.69, 9.17) is 5.39 Å². The van der Waals surface area contributed by atoms with Crippen molar-refractivity contribution in [1.29, 1.82) is 5.39 Å². The highest BCUT2D eigenvalue weighted by Crippen LogP contribution is 2.30. The monoisotopic (exact) mass is 207 g/mol. The summed E-state index contributed by atoms with van der Waals surface area (Å²) in [4.78, 5) is 23.3. The van der Waals surface area contributed by atoms with Gasteiger partial charge in [-0.15, -0.1) is 0 Å². The quantitative estimate of drug-likeness (QED) is 0.455. The van der Waals surface area contributed by atoms with Gasteiger partial charge in [0, 0.05) is 24.7 Å². The average Bonchev–Trinajstić information content (AvgIpc) is 2.16. The van der Waals surface area contributed by atoms with Crippen LogP contribution in [0.5, 0.6) is 0 Å². The van der Waals surface area contributed by atoms with Gasteiger partial charge in [-0.3, -0.25) is 14.9 Å². The molecule has 0 fully saturated rings. The molecule has 15 heavy (non-hydrogen) atoms. The molecule has 7 nitrogen and oxygen atoms in total. The summed E-state index contributed by atoms with van der Waals surface area (Å²) in [5, 5.41) is 21.4. The third-order valence-corrected chi connectivity index (χ3v) is 1.60. The molecule has 0 saturated heterocycles. The van der Waals surface area contributed by atoms with Crippen LogP contribution >= 0.6 is 0 Å². The lowest BCUT2D eigenvalue weighted by atomic mass is 10.2. The summed E-state index contributed by atoms with van der Waals surface area (Å²) >= 11 is 0. The normalized spacial score (nSPS) is 9.07. The SMILES string of the molecule is CC(=O)Nc1ccc([N+]#N)c([N+](=O)[O-])c1. The van der Waals surface area contributed by atoms with Gasteiger partial charge in [0.1, 0.15) is 0 Å². The minimum atomic E-state index is -0.694. The molecule has 1 amide bonds. The molecule has 0 bridgehead atoms. The molecule has 0 spiro atoms. The van der Waals surface area contributed by atoms with Crippen molar-refractivity contribution >= 4 is 23.0 Å². The number of amides is 1. The fourth-order valence-corrected chi connectivity index (χ4v) is 1.04. The summed E-state index contributed by atoms with van der Waals surface area (Å²) in [7, 11) is 0. The van der Waals surface area contributed by atoms with Crippen molar-refractivity contribution in [3.8, 4) is 0 Å². The number of carbonyl (C=O) groups excluding carboxylic acids is 1. The summed E-state index contributed by atoms with van der Waals surface area (Å²) in [5.74, 6) is -0.335. The van der Waals surface area contributed by atoms with Gasteiger partial charge in [-0.2, -0.15) is 0 Å². The van der Waals surface area contributed by atoms with Crippen molar-refractivity contribution < 1.29 is 9.72 Å². The minimum absolute atomic E-state index is 0.158. The van der Waals surface area contributed by atoms with Gasteiger partial charge < -0.3 is 5.32 Å². The Kier molecular flexibility index (Phi) is 2.93. The maximum absolute atomic E-state index is 10.7. The van der Waals surface area contributed by atoms with E-state index in [0.29, 0.717) is 0 Å². The Labute approximate surface area is 84.5 Å². The molecule has 0 aliphatic carbocycles. The van der Waals surface area contributed by atoms with Crippen LogP contribution < -0.4 is 5.32 Å². The Morgan fingerprint density at radius 2 is 2.27 bits per heavy atom. The first kappa shape index (κ1) is 10.6. The number of carbonyl (C=O) groups is 1. The number of hydrogen-bond acceptors (Lipinski definition) is 4. The Morgan fingerprint density at radius 3 is 2.73 bits per heavy atom. The number of rotatable bonds is 2. The molecular formula is C8H7N4O3+. The van der Waals surface area contributed by atoms with Gasteiger partial charge in [0.15, 0.2) is 4.98 Å². The molecule has 76 valence electrons. The maximum atomic E-state index is 10.7. The number of benzene rings is 1. The van der Waals surface area contributed by atoms with Crippen LogP contribution in [0.15, 0.2) is 18.2 Å². The Morgan fingerprint density at radius 1 is 1.60 bits per heavy atom. The van der Waals surface area contributed by atoms with Gasteiger partial charge in [-0.1, -0.05) is 0 Å². The predicted octanol–water partition coefficient (Wildman–Crippen LogP) is 2.04. The fraction of sp³-hybridized carbons (Fsp3) is 0.125. The molecule has 1 N–H and O–H groups in total. The number of nitrogens with zero attached hydrogens (tertiary/aromatic N) is 3. The fourth-order valence-electron chi connectivity index (χ4n) is 1.04. The van der Waals surface area contributed by atoms with Gasteiger partial charge in [0.05, 0.1) is 4.92 Å². The van der Waals surface area contributed by atoms with E-state index in [1.165, 1.54) is 19.1 Å². The predicted molar refractivity (Wildman–Crippen MR) is 52.1 cm³/mol. The lowest BCUT2D eigenvalue weighted by Gasteiger charge is -1.98. The molecule has 0 aromatic heterocycles. The zero-order valence-corrected chi connectivity index (χ0v) is 7.80. The van der Waals surface area contributed by atoms with E-state index in [1.54, 1.807) is 0 Å². The number of nitro groups is 1. The van der Waals surface area contributed by atoms with Crippen LogP contribution in [0.1, 0.15) is 6.92 Å². The van der Waals surface area contributed by atoms with Crippen molar-refractivity contribution in [1.82, 2.24) is 0 Å². The van der Waals surface area contributed by atoms with Gasteiger partial charge in [-0.05, 0) is 6.07 Å². The Hall–Kier alpha value is -2.49. The van der Waals surface area contributed by atoms with Crippen LogP contribution in [0.3, 0.4) is 0 Å². The first-order valence-corrected chi connectivity index (χ1v) is 3.95. The molecular weight excluding hydrogens is 200 g/mol. The van der Waals surface area contributed by atoms with Gasteiger partial charge in [0.2, 0.25) is 11.3 Å². The van der Waals surface area contributed by atoms with Crippen LogP contribution in [0.2, 0.25) is 0 Å². The van der Waals surface area contributed by atoms with E-state index in [0.717, 1.165) is 6.07 Å². The van der Waals surface area contributed by atoms with E-state index in [2.05, 4.69) is 10.3 Å². The van der Waals surface area contributed by atoms with Crippen molar-refractivity contribution in [2.75, 3.05) is 5.32 Å². The number of anilines is 1. The molecule has 0 atom stereocenters. The van der Waals surface area contributed by atoms with Crippen LogP contribution in [-0.4, -0.2) is 10.8 Å². The van der Waals surface area contributed by atoms with E-state index >= 15 is 0 Å². The lowest BCUT2D eigenvalue weighted by Crippen LogP contribution is -2.05. The zero-order valence-electron chi connectivity index (χ0n) is 7.80. The molecule has 0 heterocycles. The highest BCUT2D eigenvalue weighted by Gasteiger charge is 2.24. The number of hydrogen-bond donors (Lipinski definition) is 1. The summed E-state index contributed by atoms with van der Waals surface area (Å²) in [6.07, 6.45) is 0. The molecule has 1 aromatic rings. The van der Waals surface area contributed by atoms with E-state index in [9.17, 15) is 14.9 Å². The standard InChI is InChI=1S/C8H6N4O3/c1-5(13)10-6-2-3-7(11-9)8(4-6)12(14)15/h2-4H,1H3/p+1. The summed E-state index contributed by atoms with van der Waals surface area (Å²) in [5.41, 5.74) is -0.251. The Balaban J connectivity index is 3.17. The second-order valence-electron chi connectivity index (χ2n) is 2.74. The number of nitrogens with one attached hydrogen (secondary N) is 1. The molecule has 1 rings (SSSR count). The topological polar surface area (TPSA) is 100 Å². The smallest absolute Gasteiger partial charge is 0.326 e. The van der Waals surface area contributed by atoms with E-state index < -0.39 is 4.92 Å². The third-order valence-electron chi connectivity index (χ3n) is 1.60. The van der Waals surface area contributed by atoms with Gasteiger partial charge in [-0.25, -0.2) is 0 Å². The van der Waals surface area contributed by atoms with Crippen molar-refractivity contribution in [3.05, 3.63) is 33.3 Å². The van der Waals surface area contributed by atoms with E-state index in [-0.39, 0.29) is 23.0 Å². The second-order valence-corrected chi connectivity index (χ2v) is 2.74. The molecule has 0 saturated carbocycles. The van der Waals surface area contributed by atoms with E-state index in [1.807, 2.05) is 0 Å². The van der Waals surface area contributed by atoms with Crippen LogP contribution in [-0.2, 0) is 4.79 Å². The van der Waals surface area contributed by atoms with Crippen LogP contribution in [0, 0.1) is 15.5 Å².